The minimum Gasteiger partial charge on any atom is -0.489 e. The van der Waals surface area contributed by atoms with Gasteiger partial charge in [-0.05, 0) is 67.1 Å². The average Bonchev–Trinajstić information content (AvgIpc) is 3.28. The normalized spacial score (nSPS) is 21.0. The van der Waals surface area contributed by atoms with Gasteiger partial charge in [-0.15, -0.1) is 0 Å². The smallest absolute Gasteiger partial charge is 0.259 e. The van der Waals surface area contributed by atoms with E-state index in [1.54, 1.807) is 6.92 Å². The van der Waals surface area contributed by atoms with Crippen LogP contribution >= 0.6 is 0 Å². The molecule has 7 nitrogen and oxygen atoms in total. The number of hydrogen-bond acceptors (Lipinski definition) is 5. The second-order valence-corrected chi connectivity index (χ2v) is 10.2. The second-order valence-electron chi connectivity index (χ2n) is 10.2. The molecule has 0 bridgehead atoms. The lowest BCUT2D eigenvalue weighted by atomic mass is 9.72. The van der Waals surface area contributed by atoms with Crippen molar-refractivity contribution >= 4 is 28.5 Å². The summed E-state index contributed by atoms with van der Waals surface area (Å²) in [6.07, 6.45) is 4.24. The number of carbonyl (C=O) groups is 2. The van der Waals surface area contributed by atoms with Gasteiger partial charge in [0.15, 0.2) is 0 Å². The highest BCUT2D eigenvalue weighted by molar-refractivity contribution is 6.13. The maximum atomic E-state index is 13.3. The molecular formula is C31H31N3O4. The van der Waals surface area contributed by atoms with Gasteiger partial charge < -0.3 is 14.5 Å². The summed E-state index contributed by atoms with van der Waals surface area (Å²) < 4.78 is 11.8. The standard InChI is InChI=1S/C31H31N3O4/c1-19-28(26-17-23(15-16-27(26)38-19)37-18-20-7-3-2-4-8-20)31(36)32-22-13-11-21(12-14-22)29-24-9-5-6-10-25(24)30(35)34-33-29/h2-4,7-8,11-17,24-25,29,33H,5-6,9-10,18H2,1H3,(H,32,36)(H,34,35). The number of amides is 2. The Hall–Kier alpha value is -4.10. The van der Waals surface area contributed by atoms with E-state index in [1.165, 1.54) is 0 Å². The van der Waals surface area contributed by atoms with Gasteiger partial charge in [0.2, 0.25) is 5.91 Å². The maximum absolute atomic E-state index is 13.3. The van der Waals surface area contributed by atoms with Crippen molar-refractivity contribution in [1.29, 1.82) is 0 Å². The molecule has 3 N–H and O–H groups in total. The fourth-order valence-electron chi connectivity index (χ4n) is 5.84. The predicted molar refractivity (Wildman–Crippen MR) is 146 cm³/mol. The van der Waals surface area contributed by atoms with E-state index >= 15 is 0 Å². The number of nitrogens with one attached hydrogen (secondary N) is 3. The molecule has 6 rings (SSSR count). The summed E-state index contributed by atoms with van der Waals surface area (Å²) >= 11 is 0. The van der Waals surface area contributed by atoms with Crippen molar-refractivity contribution < 1.29 is 18.7 Å². The van der Waals surface area contributed by atoms with Crippen LogP contribution in [0.25, 0.3) is 11.0 Å². The molecule has 38 heavy (non-hydrogen) atoms. The first-order valence-electron chi connectivity index (χ1n) is 13.2. The minimum atomic E-state index is -0.232. The number of benzene rings is 3. The van der Waals surface area contributed by atoms with Gasteiger partial charge in [-0.3, -0.25) is 15.0 Å². The zero-order valence-corrected chi connectivity index (χ0v) is 21.3. The molecule has 194 valence electrons. The average molecular weight is 510 g/mol. The number of carbonyl (C=O) groups excluding carboxylic acids is 2. The summed E-state index contributed by atoms with van der Waals surface area (Å²) in [6.45, 7) is 2.24. The quantitative estimate of drug-likeness (QED) is 0.294. The van der Waals surface area contributed by atoms with Gasteiger partial charge in [-0.1, -0.05) is 55.3 Å². The second kappa shape index (κ2) is 10.3. The number of anilines is 1. The first-order chi connectivity index (χ1) is 18.6. The van der Waals surface area contributed by atoms with Crippen molar-refractivity contribution in [3.63, 3.8) is 0 Å². The number of aryl methyl sites for hydroxylation is 1. The molecule has 1 aliphatic carbocycles. The molecule has 3 unspecified atom stereocenters. The fraction of sp³-hybridized carbons (Fsp3) is 0.290. The molecule has 1 aliphatic heterocycles. The summed E-state index contributed by atoms with van der Waals surface area (Å²) in [7, 11) is 0. The molecule has 0 spiro atoms. The van der Waals surface area contributed by atoms with Gasteiger partial charge in [0.05, 0.1) is 11.6 Å². The lowest BCUT2D eigenvalue weighted by Crippen LogP contribution is -2.55. The van der Waals surface area contributed by atoms with Crippen LogP contribution < -0.4 is 20.9 Å². The number of rotatable bonds is 6. The molecule has 3 atom stereocenters. The molecule has 1 saturated carbocycles. The third-order valence-electron chi connectivity index (χ3n) is 7.77. The SMILES string of the molecule is Cc1oc2ccc(OCc3ccccc3)cc2c1C(=O)Nc1ccc(C2NNC(=O)C3CCCCC32)cc1. The Morgan fingerprint density at radius 2 is 1.82 bits per heavy atom. The van der Waals surface area contributed by atoms with E-state index < -0.39 is 0 Å². The lowest BCUT2D eigenvalue weighted by Gasteiger charge is -2.41. The van der Waals surface area contributed by atoms with Crippen LogP contribution in [0.4, 0.5) is 5.69 Å². The van der Waals surface area contributed by atoms with Gasteiger partial charge in [0.25, 0.3) is 5.91 Å². The zero-order chi connectivity index (χ0) is 26.1. The van der Waals surface area contributed by atoms with E-state index in [2.05, 4.69) is 16.2 Å². The molecule has 3 aromatic carbocycles. The van der Waals surface area contributed by atoms with Gasteiger partial charge in [-0.2, -0.15) is 0 Å². The summed E-state index contributed by atoms with van der Waals surface area (Å²) in [4.78, 5) is 25.6. The molecule has 1 aromatic heterocycles. The van der Waals surface area contributed by atoms with Crippen molar-refractivity contribution in [2.24, 2.45) is 11.8 Å². The third kappa shape index (κ3) is 4.77. The fourth-order valence-corrected chi connectivity index (χ4v) is 5.84. The summed E-state index contributed by atoms with van der Waals surface area (Å²) in [5, 5.41) is 3.73. The van der Waals surface area contributed by atoms with Crippen LogP contribution in [0.1, 0.15) is 59.0 Å². The first-order valence-corrected chi connectivity index (χ1v) is 13.2. The summed E-state index contributed by atoms with van der Waals surface area (Å²) in [6, 6.07) is 23.4. The van der Waals surface area contributed by atoms with Crippen LogP contribution in [-0.2, 0) is 11.4 Å². The van der Waals surface area contributed by atoms with Crippen molar-refractivity contribution in [2.45, 2.75) is 45.3 Å². The molecule has 0 radical (unpaired) electrons. The van der Waals surface area contributed by atoms with Crippen LogP contribution in [-0.4, -0.2) is 11.8 Å². The Kier molecular flexibility index (Phi) is 6.60. The number of furan rings is 1. The Morgan fingerprint density at radius 3 is 2.63 bits per heavy atom. The van der Waals surface area contributed by atoms with Crippen LogP contribution in [0.2, 0.25) is 0 Å². The molecule has 7 heteroatoms. The van der Waals surface area contributed by atoms with Crippen LogP contribution in [0, 0.1) is 18.8 Å². The van der Waals surface area contributed by atoms with Gasteiger partial charge >= 0.3 is 0 Å². The highest BCUT2D eigenvalue weighted by atomic mass is 16.5. The van der Waals surface area contributed by atoms with Crippen LogP contribution in [0.15, 0.2) is 77.2 Å². The van der Waals surface area contributed by atoms with E-state index in [1.807, 2.05) is 72.8 Å². The molecule has 4 aromatic rings. The highest BCUT2D eigenvalue weighted by Crippen LogP contribution is 2.40. The van der Waals surface area contributed by atoms with E-state index in [9.17, 15) is 9.59 Å². The predicted octanol–water partition coefficient (Wildman–Crippen LogP) is 6.05. The molecule has 2 aliphatic rings. The zero-order valence-electron chi connectivity index (χ0n) is 21.3. The lowest BCUT2D eigenvalue weighted by molar-refractivity contribution is -0.133. The van der Waals surface area contributed by atoms with Gasteiger partial charge in [0.1, 0.15) is 23.7 Å². The Bertz CT molecular complexity index is 1460. The summed E-state index contributed by atoms with van der Waals surface area (Å²) in [5.41, 5.74) is 10.1. The first kappa shape index (κ1) is 24.2. The number of hydrazine groups is 1. The topological polar surface area (TPSA) is 92.6 Å². The molecule has 1 saturated heterocycles. The van der Waals surface area contributed by atoms with Crippen LogP contribution in [0.5, 0.6) is 5.75 Å². The Labute approximate surface area is 221 Å². The van der Waals surface area contributed by atoms with Crippen molar-refractivity contribution in [2.75, 3.05) is 5.32 Å². The van der Waals surface area contributed by atoms with E-state index in [-0.39, 0.29) is 29.7 Å². The van der Waals surface area contributed by atoms with E-state index in [0.29, 0.717) is 40.3 Å². The highest BCUT2D eigenvalue weighted by Gasteiger charge is 2.40. The molecule has 2 heterocycles. The number of hydrogen-bond donors (Lipinski definition) is 3. The van der Waals surface area contributed by atoms with Crippen LogP contribution in [0.3, 0.4) is 0 Å². The van der Waals surface area contributed by atoms with Gasteiger partial charge in [0, 0.05) is 17.0 Å². The van der Waals surface area contributed by atoms with Crippen molar-refractivity contribution in [3.8, 4) is 5.75 Å². The number of ether oxygens (including phenoxy) is 1. The van der Waals surface area contributed by atoms with E-state index in [0.717, 1.165) is 36.8 Å². The Balaban J connectivity index is 1.18. The molecular weight excluding hydrogens is 478 g/mol. The van der Waals surface area contributed by atoms with Crippen molar-refractivity contribution in [1.82, 2.24) is 10.9 Å². The molecule has 2 fully saturated rings. The Morgan fingerprint density at radius 1 is 1.03 bits per heavy atom. The monoisotopic (exact) mass is 509 g/mol. The maximum Gasteiger partial charge on any atom is 0.259 e. The number of fused-ring (bicyclic) bond motifs is 2. The minimum absolute atomic E-state index is 0.0632. The van der Waals surface area contributed by atoms with Crippen molar-refractivity contribution in [3.05, 3.63) is 95.2 Å². The largest absolute Gasteiger partial charge is 0.489 e. The van der Waals surface area contributed by atoms with Gasteiger partial charge in [-0.25, -0.2) is 5.43 Å². The third-order valence-corrected chi connectivity index (χ3v) is 7.77. The molecule has 2 amide bonds. The summed E-state index contributed by atoms with van der Waals surface area (Å²) in [5.74, 6) is 1.45. The van der Waals surface area contributed by atoms with E-state index in [4.69, 9.17) is 9.15 Å².